The molecular weight excluding hydrogens is 212 g/mol. The molecule has 1 unspecified atom stereocenters. The summed E-state index contributed by atoms with van der Waals surface area (Å²) in [7, 11) is 1.72. The smallest absolute Gasteiger partial charge is 0.124 e. The van der Waals surface area contributed by atoms with Gasteiger partial charge in [0, 0.05) is 12.6 Å². The predicted molar refractivity (Wildman–Crippen MR) is 72.7 cm³/mol. The van der Waals surface area contributed by atoms with Gasteiger partial charge >= 0.3 is 0 Å². The summed E-state index contributed by atoms with van der Waals surface area (Å²) in [4.78, 5) is 0. The molecule has 0 spiro atoms. The maximum absolute atomic E-state index is 6.21. The Bertz CT molecular complexity index is 388. The van der Waals surface area contributed by atoms with E-state index in [0.717, 1.165) is 24.4 Å². The Kier molecular flexibility index (Phi) is 4.97. The first kappa shape index (κ1) is 14.0. The summed E-state index contributed by atoms with van der Waals surface area (Å²) < 4.78 is 5.42. The molecular formula is C14H24N2O. The summed E-state index contributed by atoms with van der Waals surface area (Å²) in [5.74, 6) is 0.974. The van der Waals surface area contributed by atoms with Crippen LogP contribution in [0.5, 0.6) is 5.75 Å². The molecule has 17 heavy (non-hydrogen) atoms. The van der Waals surface area contributed by atoms with Gasteiger partial charge in [0.25, 0.3) is 0 Å². The molecule has 0 aliphatic rings. The monoisotopic (exact) mass is 236 g/mol. The molecule has 3 nitrogen and oxygen atoms in total. The highest BCUT2D eigenvalue weighted by atomic mass is 16.5. The third-order valence-electron chi connectivity index (χ3n) is 3.28. The van der Waals surface area contributed by atoms with Crippen molar-refractivity contribution in [2.75, 3.05) is 20.2 Å². The molecule has 0 radical (unpaired) electrons. The number of nitrogens with two attached hydrogens (primary N) is 1. The van der Waals surface area contributed by atoms with Crippen molar-refractivity contribution in [3.8, 4) is 5.75 Å². The molecule has 1 atom stereocenters. The number of ether oxygens (including phenoxy) is 1. The second-order valence-corrected chi connectivity index (χ2v) is 4.48. The third-order valence-corrected chi connectivity index (χ3v) is 3.28. The van der Waals surface area contributed by atoms with Gasteiger partial charge in [0.2, 0.25) is 0 Å². The number of hydrogen-bond acceptors (Lipinski definition) is 3. The number of methoxy groups -OCH3 is 1. The van der Waals surface area contributed by atoms with Gasteiger partial charge in [-0.05, 0) is 49.6 Å². The van der Waals surface area contributed by atoms with E-state index >= 15 is 0 Å². The SMILES string of the molecule is CCNCC(N)c1cc(C)c(OC)c(C)c1C. The number of nitrogens with one attached hydrogen (secondary N) is 1. The zero-order valence-electron chi connectivity index (χ0n) is 11.6. The summed E-state index contributed by atoms with van der Waals surface area (Å²) >= 11 is 0. The minimum absolute atomic E-state index is 0.0401. The molecule has 3 N–H and O–H groups in total. The van der Waals surface area contributed by atoms with E-state index in [1.54, 1.807) is 7.11 Å². The van der Waals surface area contributed by atoms with Gasteiger partial charge in [0.15, 0.2) is 0 Å². The molecule has 0 aromatic heterocycles. The number of aryl methyl sites for hydroxylation is 1. The zero-order chi connectivity index (χ0) is 13.0. The van der Waals surface area contributed by atoms with E-state index in [-0.39, 0.29) is 6.04 Å². The molecule has 0 amide bonds. The summed E-state index contributed by atoms with van der Waals surface area (Å²) in [6, 6.07) is 2.18. The van der Waals surface area contributed by atoms with Crippen LogP contribution in [0.3, 0.4) is 0 Å². The molecule has 96 valence electrons. The van der Waals surface area contributed by atoms with E-state index in [9.17, 15) is 0 Å². The molecule has 0 fully saturated rings. The van der Waals surface area contributed by atoms with Crippen LogP contribution in [0.15, 0.2) is 6.07 Å². The number of hydrogen-bond donors (Lipinski definition) is 2. The van der Waals surface area contributed by atoms with E-state index < -0.39 is 0 Å². The van der Waals surface area contributed by atoms with Crippen LogP contribution in [-0.2, 0) is 0 Å². The number of benzene rings is 1. The van der Waals surface area contributed by atoms with Gasteiger partial charge in [-0.3, -0.25) is 0 Å². The molecule has 0 heterocycles. The van der Waals surface area contributed by atoms with Crippen LogP contribution in [0.1, 0.15) is 35.2 Å². The summed E-state index contributed by atoms with van der Waals surface area (Å²) in [6.45, 7) is 10.1. The fourth-order valence-corrected chi connectivity index (χ4v) is 2.20. The van der Waals surface area contributed by atoms with Crippen LogP contribution >= 0.6 is 0 Å². The van der Waals surface area contributed by atoms with Crippen LogP contribution in [0.25, 0.3) is 0 Å². The summed E-state index contributed by atoms with van der Waals surface area (Å²) in [5, 5.41) is 3.28. The molecule has 1 aromatic rings. The van der Waals surface area contributed by atoms with Crippen LogP contribution in [0.4, 0.5) is 0 Å². The minimum atomic E-state index is 0.0401. The Balaban J connectivity index is 3.09. The van der Waals surface area contributed by atoms with Gasteiger partial charge in [-0.25, -0.2) is 0 Å². The minimum Gasteiger partial charge on any atom is -0.496 e. The summed E-state index contributed by atoms with van der Waals surface area (Å²) in [6.07, 6.45) is 0. The third kappa shape index (κ3) is 2.99. The van der Waals surface area contributed by atoms with Crippen molar-refractivity contribution in [2.45, 2.75) is 33.7 Å². The van der Waals surface area contributed by atoms with E-state index in [0.29, 0.717) is 0 Å². The van der Waals surface area contributed by atoms with Gasteiger partial charge in [-0.15, -0.1) is 0 Å². The fraction of sp³-hybridized carbons (Fsp3) is 0.571. The largest absolute Gasteiger partial charge is 0.496 e. The van der Waals surface area contributed by atoms with E-state index in [1.807, 2.05) is 0 Å². The highest BCUT2D eigenvalue weighted by Gasteiger charge is 2.15. The van der Waals surface area contributed by atoms with Crippen molar-refractivity contribution in [1.82, 2.24) is 5.32 Å². The van der Waals surface area contributed by atoms with Crippen LogP contribution in [0.2, 0.25) is 0 Å². The Hall–Kier alpha value is -1.06. The lowest BCUT2D eigenvalue weighted by Gasteiger charge is -2.20. The van der Waals surface area contributed by atoms with Gasteiger partial charge in [0.1, 0.15) is 5.75 Å². The maximum Gasteiger partial charge on any atom is 0.124 e. The van der Waals surface area contributed by atoms with Gasteiger partial charge in [-0.2, -0.15) is 0 Å². The molecule has 0 saturated carbocycles. The lowest BCUT2D eigenvalue weighted by molar-refractivity contribution is 0.407. The molecule has 0 aliphatic carbocycles. The van der Waals surface area contributed by atoms with Crippen molar-refractivity contribution in [2.24, 2.45) is 5.73 Å². The van der Waals surface area contributed by atoms with Crippen molar-refractivity contribution < 1.29 is 4.74 Å². The molecule has 1 rings (SSSR count). The highest BCUT2D eigenvalue weighted by Crippen LogP contribution is 2.30. The Morgan fingerprint density at radius 2 is 1.94 bits per heavy atom. The first-order chi connectivity index (χ1) is 8.02. The van der Waals surface area contributed by atoms with E-state index in [2.05, 4.69) is 39.1 Å². The van der Waals surface area contributed by atoms with Crippen molar-refractivity contribution >= 4 is 0 Å². The second-order valence-electron chi connectivity index (χ2n) is 4.48. The number of likely N-dealkylation sites (N-methyl/N-ethyl adjacent to an activating group) is 1. The van der Waals surface area contributed by atoms with Crippen molar-refractivity contribution in [3.05, 3.63) is 28.3 Å². The van der Waals surface area contributed by atoms with Gasteiger partial charge in [-0.1, -0.05) is 13.0 Å². The van der Waals surface area contributed by atoms with Gasteiger partial charge < -0.3 is 15.8 Å². The Morgan fingerprint density at radius 1 is 1.29 bits per heavy atom. The standard InChI is InChI=1S/C14H24N2O/c1-6-16-8-13(15)12-7-9(2)14(17-5)11(4)10(12)3/h7,13,16H,6,8,15H2,1-5H3. The molecule has 3 heteroatoms. The molecule has 1 aromatic carbocycles. The van der Waals surface area contributed by atoms with Gasteiger partial charge in [0.05, 0.1) is 7.11 Å². The fourth-order valence-electron chi connectivity index (χ4n) is 2.20. The van der Waals surface area contributed by atoms with Crippen LogP contribution < -0.4 is 15.8 Å². The maximum atomic E-state index is 6.21. The summed E-state index contributed by atoms with van der Waals surface area (Å²) in [5.41, 5.74) is 11.0. The Labute approximate surface area is 104 Å². The molecule has 0 aliphatic heterocycles. The quantitative estimate of drug-likeness (QED) is 0.824. The average molecular weight is 236 g/mol. The Morgan fingerprint density at radius 3 is 2.47 bits per heavy atom. The topological polar surface area (TPSA) is 47.3 Å². The lowest BCUT2D eigenvalue weighted by atomic mass is 9.94. The van der Waals surface area contributed by atoms with Crippen LogP contribution in [0, 0.1) is 20.8 Å². The average Bonchev–Trinajstić information content (AvgIpc) is 2.31. The lowest BCUT2D eigenvalue weighted by Crippen LogP contribution is -2.27. The van der Waals surface area contributed by atoms with Crippen molar-refractivity contribution in [3.63, 3.8) is 0 Å². The second kappa shape index (κ2) is 6.03. The van der Waals surface area contributed by atoms with Crippen molar-refractivity contribution in [1.29, 1.82) is 0 Å². The number of rotatable bonds is 5. The zero-order valence-corrected chi connectivity index (χ0v) is 11.6. The first-order valence-corrected chi connectivity index (χ1v) is 6.13. The molecule has 0 bridgehead atoms. The molecule has 0 saturated heterocycles. The first-order valence-electron chi connectivity index (χ1n) is 6.13. The predicted octanol–water partition coefficient (Wildman–Crippen LogP) is 2.23. The normalized spacial score (nSPS) is 12.6. The van der Waals surface area contributed by atoms with E-state index in [4.69, 9.17) is 10.5 Å². The van der Waals surface area contributed by atoms with E-state index in [1.165, 1.54) is 16.7 Å². The highest BCUT2D eigenvalue weighted by molar-refractivity contribution is 5.49. The van der Waals surface area contributed by atoms with Crippen LogP contribution in [-0.4, -0.2) is 20.2 Å².